The molecule has 1 nitrogen and oxygen atoms in total. The van der Waals surface area contributed by atoms with Crippen molar-refractivity contribution in [3.63, 3.8) is 0 Å². The third-order valence-electron chi connectivity index (χ3n) is 2.59. The molecule has 19 heavy (non-hydrogen) atoms. The minimum absolute atomic E-state index is 0.0756. The van der Waals surface area contributed by atoms with Crippen molar-refractivity contribution in [2.45, 2.75) is 6.42 Å². The molecule has 0 amide bonds. The van der Waals surface area contributed by atoms with Gasteiger partial charge in [-0.3, -0.25) is 4.79 Å². The van der Waals surface area contributed by atoms with Gasteiger partial charge in [-0.1, -0.05) is 39.1 Å². The van der Waals surface area contributed by atoms with Crippen molar-refractivity contribution in [1.29, 1.82) is 0 Å². The van der Waals surface area contributed by atoms with E-state index >= 15 is 0 Å². The molecule has 0 aliphatic carbocycles. The van der Waals surface area contributed by atoms with Crippen LogP contribution in [-0.2, 0) is 6.42 Å². The Kier molecular flexibility index (Phi) is 4.61. The Bertz CT molecular complexity index is 643. The molecule has 0 fully saturated rings. The number of carbonyl (C=O) groups excluding carboxylic acids is 1. The second-order valence-electron chi connectivity index (χ2n) is 3.96. The van der Waals surface area contributed by atoms with E-state index in [2.05, 4.69) is 15.9 Å². The molecular formula is C14H8BrCl2FO. The third kappa shape index (κ3) is 3.56. The van der Waals surface area contributed by atoms with Crippen LogP contribution in [0.1, 0.15) is 15.9 Å². The van der Waals surface area contributed by atoms with E-state index in [9.17, 15) is 9.18 Å². The largest absolute Gasteiger partial charge is 0.294 e. The molecule has 0 N–H and O–H groups in total. The van der Waals surface area contributed by atoms with Crippen LogP contribution in [0.2, 0.25) is 10.0 Å². The van der Waals surface area contributed by atoms with Gasteiger partial charge in [0.2, 0.25) is 0 Å². The zero-order valence-electron chi connectivity index (χ0n) is 9.59. The predicted octanol–water partition coefficient (Wildman–Crippen LogP) is 5.32. The highest BCUT2D eigenvalue weighted by Gasteiger charge is 2.14. The molecule has 0 radical (unpaired) electrons. The minimum atomic E-state index is -0.453. The lowest BCUT2D eigenvalue weighted by atomic mass is 10.0. The summed E-state index contributed by atoms with van der Waals surface area (Å²) in [7, 11) is 0. The number of carbonyl (C=O) groups is 1. The lowest BCUT2D eigenvalue weighted by Gasteiger charge is -2.06. The van der Waals surface area contributed by atoms with E-state index in [1.807, 2.05) is 0 Å². The Morgan fingerprint density at radius 1 is 1.16 bits per heavy atom. The minimum Gasteiger partial charge on any atom is -0.294 e. The molecule has 98 valence electrons. The van der Waals surface area contributed by atoms with Gasteiger partial charge in [-0.25, -0.2) is 4.39 Å². The van der Waals surface area contributed by atoms with Crippen molar-refractivity contribution < 1.29 is 9.18 Å². The summed E-state index contributed by atoms with van der Waals surface area (Å²) in [6.07, 6.45) is -0.0756. The smallest absolute Gasteiger partial charge is 0.168 e. The van der Waals surface area contributed by atoms with Crippen molar-refractivity contribution in [3.8, 4) is 0 Å². The van der Waals surface area contributed by atoms with Crippen molar-refractivity contribution in [2.24, 2.45) is 0 Å². The number of ketones is 1. The van der Waals surface area contributed by atoms with Crippen molar-refractivity contribution in [1.82, 2.24) is 0 Å². The van der Waals surface area contributed by atoms with E-state index in [0.29, 0.717) is 15.6 Å². The Balaban J connectivity index is 2.28. The van der Waals surface area contributed by atoms with Gasteiger partial charge in [-0.05, 0) is 42.0 Å². The van der Waals surface area contributed by atoms with E-state index in [4.69, 9.17) is 23.2 Å². The third-order valence-corrected chi connectivity index (χ3v) is 3.63. The monoisotopic (exact) mass is 360 g/mol. The summed E-state index contributed by atoms with van der Waals surface area (Å²) in [5.41, 5.74) is 0.626. The molecule has 0 aliphatic heterocycles. The first-order valence-corrected chi connectivity index (χ1v) is 6.94. The van der Waals surface area contributed by atoms with Gasteiger partial charge >= 0.3 is 0 Å². The van der Waals surface area contributed by atoms with Gasteiger partial charge in [0.15, 0.2) is 5.78 Å². The van der Waals surface area contributed by atoms with Gasteiger partial charge in [0.25, 0.3) is 0 Å². The molecule has 2 aromatic carbocycles. The zero-order valence-corrected chi connectivity index (χ0v) is 12.7. The molecule has 2 aromatic rings. The van der Waals surface area contributed by atoms with Crippen LogP contribution in [0.15, 0.2) is 40.9 Å². The lowest BCUT2D eigenvalue weighted by Crippen LogP contribution is -2.06. The molecule has 5 heteroatoms. The average molecular weight is 362 g/mol. The SMILES string of the molecule is O=C(Cc1cc(Cl)ccc1F)c1ccc(Br)cc1Cl. The highest BCUT2D eigenvalue weighted by atomic mass is 79.9. The van der Waals surface area contributed by atoms with Gasteiger partial charge in [0, 0.05) is 21.5 Å². The Morgan fingerprint density at radius 3 is 2.58 bits per heavy atom. The first kappa shape index (κ1) is 14.5. The summed E-state index contributed by atoms with van der Waals surface area (Å²) < 4.78 is 14.3. The molecular weight excluding hydrogens is 354 g/mol. The molecule has 0 heterocycles. The molecule has 0 saturated carbocycles. The summed E-state index contributed by atoms with van der Waals surface area (Å²) in [5.74, 6) is -0.704. The first-order valence-electron chi connectivity index (χ1n) is 5.39. The van der Waals surface area contributed by atoms with Crippen molar-refractivity contribution in [3.05, 3.63) is 67.9 Å². The molecule has 0 aliphatic rings. The summed E-state index contributed by atoms with van der Waals surface area (Å²) in [4.78, 5) is 12.1. The van der Waals surface area contributed by atoms with Crippen LogP contribution in [0.4, 0.5) is 4.39 Å². The molecule has 0 spiro atoms. The van der Waals surface area contributed by atoms with Crippen LogP contribution in [0.5, 0.6) is 0 Å². The first-order chi connectivity index (χ1) is 8.97. The maximum atomic E-state index is 13.6. The predicted molar refractivity (Wildman–Crippen MR) is 78.6 cm³/mol. The van der Waals surface area contributed by atoms with Crippen molar-refractivity contribution >= 4 is 44.9 Å². The van der Waals surface area contributed by atoms with Crippen LogP contribution in [0.25, 0.3) is 0 Å². The second kappa shape index (κ2) is 6.04. The maximum Gasteiger partial charge on any atom is 0.168 e. The van der Waals surface area contributed by atoms with Gasteiger partial charge < -0.3 is 0 Å². The summed E-state index contributed by atoms with van der Waals surface area (Å²) in [6.45, 7) is 0. The molecule has 0 aromatic heterocycles. The van der Waals surface area contributed by atoms with Crippen LogP contribution >= 0.6 is 39.1 Å². The van der Waals surface area contributed by atoms with E-state index in [1.54, 1.807) is 18.2 Å². The van der Waals surface area contributed by atoms with E-state index in [1.165, 1.54) is 18.2 Å². The van der Waals surface area contributed by atoms with Gasteiger partial charge in [0.1, 0.15) is 5.82 Å². The topological polar surface area (TPSA) is 17.1 Å². The molecule has 0 atom stereocenters. The quantitative estimate of drug-likeness (QED) is 0.676. The number of hydrogen-bond donors (Lipinski definition) is 0. The highest BCUT2D eigenvalue weighted by molar-refractivity contribution is 9.10. The average Bonchev–Trinajstić information content (AvgIpc) is 2.33. The molecule has 2 rings (SSSR count). The number of halogens is 4. The number of benzene rings is 2. The van der Waals surface area contributed by atoms with Crippen LogP contribution < -0.4 is 0 Å². The maximum absolute atomic E-state index is 13.6. The van der Waals surface area contributed by atoms with Crippen LogP contribution in [0.3, 0.4) is 0 Å². The van der Waals surface area contributed by atoms with Gasteiger partial charge in [-0.2, -0.15) is 0 Å². The fourth-order valence-corrected chi connectivity index (χ4v) is 2.64. The summed E-state index contributed by atoms with van der Waals surface area (Å²) in [6, 6.07) is 9.08. The van der Waals surface area contributed by atoms with E-state index in [-0.39, 0.29) is 17.8 Å². The van der Waals surface area contributed by atoms with E-state index < -0.39 is 5.82 Å². The number of rotatable bonds is 3. The fraction of sp³-hybridized carbons (Fsp3) is 0.0714. The molecule has 0 bridgehead atoms. The summed E-state index contributed by atoms with van der Waals surface area (Å²) in [5, 5.41) is 0.730. The van der Waals surface area contributed by atoms with Crippen LogP contribution in [-0.4, -0.2) is 5.78 Å². The standard InChI is InChI=1S/C14H8BrCl2FO/c15-9-1-3-11(12(17)7-9)14(19)6-8-5-10(16)2-4-13(8)18/h1-5,7H,6H2. The van der Waals surface area contributed by atoms with Gasteiger partial charge in [0.05, 0.1) is 5.02 Å². The lowest BCUT2D eigenvalue weighted by molar-refractivity contribution is 0.0992. The Labute approximate surface area is 128 Å². The second-order valence-corrected chi connectivity index (χ2v) is 5.72. The fourth-order valence-electron chi connectivity index (χ4n) is 1.66. The van der Waals surface area contributed by atoms with Crippen molar-refractivity contribution in [2.75, 3.05) is 0 Å². The van der Waals surface area contributed by atoms with Crippen LogP contribution in [0, 0.1) is 5.82 Å². The van der Waals surface area contributed by atoms with E-state index in [0.717, 1.165) is 4.47 Å². The number of hydrogen-bond acceptors (Lipinski definition) is 1. The number of Topliss-reactive ketones (excluding diaryl/α,β-unsaturated/α-hetero) is 1. The summed E-state index contributed by atoms with van der Waals surface area (Å²) >= 11 is 15.0. The normalized spacial score (nSPS) is 10.5. The zero-order chi connectivity index (χ0) is 14.0. The van der Waals surface area contributed by atoms with Gasteiger partial charge in [-0.15, -0.1) is 0 Å². The Morgan fingerprint density at radius 2 is 1.89 bits per heavy atom. The highest BCUT2D eigenvalue weighted by Crippen LogP contribution is 2.24. The molecule has 0 saturated heterocycles. The molecule has 0 unspecified atom stereocenters. The Hall–Kier alpha value is -0.900.